The third kappa shape index (κ3) is 4.76. The molecule has 26 heavy (non-hydrogen) atoms. The standard InChI is InChI=1S/C20H24Cl2N2O2/c1-5-10-26-23-11-16-13(3)24-14(4)17(12-25-6-2)19(16)15-8-7-9-18(21)20(15)22/h5,7-9,11,17,19H,1,6,10,12H2,2-4H3/b23-11-. The van der Waals surface area contributed by atoms with Gasteiger partial charge in [-0.05, 0) is 32.4 Å². The van der Waals surface area contributed by atoms with Gasteiger partial charge in [-0.1, -0.05) is 53.1 Å². The molecule has 0 saturated carbocycles. The van der Waals surface area contributed by atoms with E-state index in [2.05, 4.69) is 11.7 Å². The van der Waals surface area contributed by atoms with Crippen molar-refractivity contribution in [3.8, 4) is 0 Å². The highest BCUT2D eigenvalue weighted by atomic mass is 35.5. The molecule has 140 valence electrons. The molecule has 2 atom stereocenters. The first-order chi connectivity index (χ1) is 12.5. The molecule has 4 nitrogen and oxygen atoms in total. The molecule has 6 heteroatoms. The van der Waals surface area contributed by atoms with Gasteiger partial charge >= 0.3 is 0 Å². The van der Waals surface area contributed by atoms with E-state index in [0.717, 1.165) is 22.5 Å². The molecule has 0 saturated heterocycles. The Labute approximate surface area is 165 Å². The van der Waals surface area contributed by atoms with E-state index in [0.29, 0.717) is 29.9 Å². The molecule has 2 unspecified atom stereocenters. The molecule has 0 N–H and O–H groups in total. The van der Waals surface area contributed by atoms with E-state index < -0.39 is 0 Å². The summed E-state index contributed by atoms with van der Waals surface area (Å²) in [6.07, 6.45) is 3.35. The molecule has 1 aliphatic heterocycles. The summed E-state index contributed by atoms with van der Waals surface area (Å²) in [6.45, 7) is 11.1. The minimum absolute atomic E-state index is 0.0375. The van der Waals surface area contributed by atoms with Crippen LogP contribution in [0.1, 0.15) is 32.3 Å². The SMILES string of the molecule is C=CCO/N=C\C1=C(C)N=C(C)C(COCC)C1c1cccc(Cl)c1Cl. The fourth-order valence-electron chi connectivity index (χ4n) is 3.07. The molecule has 1 aromatic rings. The summed E-state index contributed by atoms with van der Waals surface area (Å²) in [5.74, 6) is -0.0307. The van der Waals surface area contributed by atoms with Crippen LogP contribution in [0, 0.1) is 5.92 Å². The molecular weight excluding hydrogens is 371 g/mol. The van der Waals surface area contributed by atoms with Gasteiger partial charge in [0.2, 0.25) is 0 Å². The lowest BCUT2D eigenvalue weighted by atomic mass is 9.76. The van der Waals surface area contributed by atoms with Crippen LogP contribution < -0.4 is 0 Å². The number of rotatable bonds is 8. The maximum absolute atomic E-state index is 6.55. The van der Waals surface area contributed by atoms with Crippen LogP contribution in [-0.4, -0.2) is 31.7 Å². The number of aliphatic imine (C=N–C) groups is 1. The molecule has 1 aliphatic rings. The molecule has 0 spiro atoms. The van der Waals surface area contributed by atoms with Crippen molar-refractivity contribution in [2.45, 2.75) is 26.7 Å². The Morgan fingerprint density at radius 1 is 1.31 bits per heavy atom. The lowest BCUT2D eigenvalue weighted by Crippen LogP contribution is -2.31. The first kappa shape index (κ1) is 20.7. The second kappa shape index (κ2) is 9.91. The van der Waals surface area contributed by atoms with E-state index in [-0.39, 0.29) is 11.8 Å². The highest BCUT2D eigenvalue weighted by molar-refractivity contribution is 6.42. The third-order valence-electron chi connectivity index (χ3n) is 4.31. The van der Waals surface area contributed by atoms with Gasteiger partial charge in [-0.3, -0.25) is 4.99 Å². The van der Waals surface area contributed by atoms with Crippen LogP contribution in [0.25, 0.3) is 0 Å². The normalized spacial score (nSPS) is 20.4. The van der Waals surface area contributed by atoms with Crippen molar-refractivity contribution in [1.82, 2.24) is 0 Å². The van der Waals surface area contributed by atoms with Crippen LogP contribution in [0.15, 0.2) is 52.3 Å². The van der Waals surface area contributed by atoms with E-state index in [9.17, 15) is 0 Å². The summed E-state index contributed by atoms with van der Waals surface area (Å²) in [4.78, 5) is 9.89. The summed E-state index contributed by atoms with van der Waals surface area (Å²) >= 11 is 12.8. The van der Waals surface area contributed by atoms with Crippen LogP contribution in [0.4, 0.5) is 0 Å². The third-order valence-corrected chi connectivity index (χ3v) is 5.15. The average molecular weight is 395 g/mol. The zero-order valence-electron chi connectivity index (χ0n) is 15.3. The van der Waals surface area contributed by atoms with Gasteiger partial charge in [0.15, 0.2) is 0 Å². The lowest BCUT2D eigenvalue weighted by Gasteiger charge is -2.33. The highest BCUT2D eigenvalue weighted by Crippen LogP contribution is 2.42. The minimum Gasteiger partial charge on any atom is -0.392 e. The van der Waals surface area contributed by atoms with Gasteiger partial charge in [0.25, 0.3) is 0 Å². The summed E-state index contributed by atoms with van der Waals surface area (Å²) in [5, 5.41) is 5.13. The second-order valence-corrected chi connectivity index (χ2v) is 6.78. The fourth-order valence-corrected chi connectivity index (χ4v) is 3.49. The Hall–Kier alpha value is -1.62. The maximum atomic E-state index is 6.55. The van der Waals surface area contributed by atoms with E-state index >= 15 is 0 Å². The maximum Gasteiger partial charge on any atom is 0.135 e. The van der Waals surface area contributed by atoms with Gasteiger partial charge in [0.1, 0.15) is 6.61 Å². The molecule has 0 aromatic heterocycles. The molecule has 0 amide bonds. The highest BCUT2D eigenvalue weighted by Gasteiger charge is 2.34. The number of halogens is 2. The van der Waals surface area contributed by atoms with Crippen LogP contribution in [0.2, 0.25) is 10.0 Å². The molecule has 0 radical (unpaired) electrons. The van der Waals surface area contributed by atoms with E-state index in [1.807, 2.05) is 32.9 Å². The zero-order valence-corrected chi connectivity index (χ0v) is 16.8. The second-order valence-electron chi connectivity index (χ2n) is 6.00. The molecule has 1 heterocycles. The number of ether oxygens (including phenoxy) is 1. The van der Waals surface area contributed by atoms with Crippen LogP contribution >= 0.6 is 23.2 Å². The molecule has 0 fully saturated rings. The van der Waals surface area contributed by atoms with Gasteiger partial charge in [0.05, 0.1) is 22.9 Å². The predicted octanol–water partition coefficient (Wildman–Crippen LogP) is 5.67. The Morgan fingerprint density at radius 2 is 2.08 bits per heavy atom. The lowest BCUT2D eigenvalue weighted by molar-refractivity contribution is 0.124. The van der Waals surface area contributed by atoms with Gasteiger partial charge < -0.3 is 9.57 Å². The summed E-state index contributed by atoms with van der Waals surface area (Å²) in [7, 11) is 0. The summed E-state index contributed by atoms with van der Waals surface area (Å²) in [6, 6.07) is 5.68. The summed E-state index contributed by atoms with van der Waals surface area (Å²) in [5.41, 5.74) is 3.75. The van der Waals surface area contributed by atoms with Crippen molar-refractivity contribution in [1.29, 1.82) is 0 Å². The van der Waals surface area contributed by atoms with Gasteiger partial charge in [-0.2, -0.15) is 0 Å². The van der Waals surface area contributed by atoms with Crippen molar-refractivity contribution in [3.05, 3.63) is 57.7 Å². The van der Waals surface area contributed by atoms with E-state index in [1.165, 1.54) is 0 Å². The number of hydrogen-bond donors (Lipinski definition) is 0. The van der Waals surface area contributed by atoms with Crippen molar-refractivity contribution in [3.63, 3.8) is 0 Å². The molecular formula is C20H24Cl2N2O2. The number of oxime groups is 1. The molecule has 0 bridgehead atoms. The smallest absolute Gasteiger partial charge is 0.135 e. The molecule has 1 aromatic carbocycles. The quantitative estimate of drug-likeness (QED) is 0.246. The predicted molar refractivity (Wildman–Crippen MR) is 110 cm³/mol. The number of allylic oxidation sites excluding steroid dienone is 2. The molecule has 0 aliphatic carbocycles. The number of nitrogens with zero attached hydrogens (tertiary/aromatic N) is 2. The van der Waals surface area contributed by atoms with Crippen LogP contribution in [-0.2, 0) is 9.57 Å². The molecule has 2 rings (SSSR count). The van der Waals surface area contributed by atoms with Crippen molar-refractivity contribution < 1.29 is 9.57 Å². The van der Waals surface area contributed by atoms with Gasteiger partial charge in [-0.15, -0.1) is 0 Å². The first-order valence-electron chi connectivity index (χ1n) is 8.55. The first-order valence-corrected chi connectivity index (χ1v) is 9.30. The average Bonchev–Trinajstić information content (AvgIpc) is 2.61. The topological polar surface area (TPSA) is 43.2 Å². The fraction of sp³-hybridized carbons (Fsp3) is 0.400. The van der Waals surface area contributed by atoms with Crippen LogP contribution in [0.3, 0.4) is 0 Å². The minimum atomic E-state index is -0.0682. The largest absolute Gasteiger partial charge is 0.392 e. The van der Waals surface area contributed by atoms with Crippen LogP contribution in [0.5, 0.6) is 0 Å². The number of hydrogen-bond acceptors (Lipinski definition) is 4. The van der Waals surface area contributed by atoms with Crippen molar-refractivity contribution in [2.75, 3.05) is 19.8 Å². The van der Waals surface area contributed by atoms with Crippen molar-refractivity contribution >= 4 is 35.1 Å². The van der Waals surface area contributed by atoms with Crippen molar-refractivity contribution in [2.24, 2.45) is 16.1 Å². The number of benzene rings is 1. The Balaban J connectivity index is 2.52. The van der Waals surface area contributed by atoms with E-state index in [4.69, 9.17) is 37.8 Å². The zero-order chi connectivity index (χ0) is 19.1. The monoisotopic (exact) mass is 394 g/mol. The Kier molecular flexibility index (Phi) is 7.88. The Morgan fingerprint density at radius 3 is 2.77 bits per heavy atom. The summed E-state index contributed by atoms with van der Waals surface area (Å²) < 4.78 is 5.72. The van der Waals surface area contributed by atoms with E-state index in [1.54, 1.807) is 18.4 Å². The van der Waals surface area contributed by atoms with Gasteiger partial charge in [-0.25, -0.2) is 0 Å². The Bertz CT molecular complexity index is 741. The van der Waals surface area contributed by atoms with Gasteiger partial charge in [0, 0.05) is 35.4 Å².